The lowest BCUT2D eigenvalue weighted by atomic mass is 9.59. The molecule has 3 rings (SSSR count). The first-order valence-corrected chi connectivity index (χ1v) is 8.24. The fourth-order valence-corrected chi connectivity index (χ4v) is 4.54. The van der Waals surface area contributed by atoms with Crippen molar-refractivity contribution >= 4 is 5.91 Å². The van der Waals surface area contributed by atoms with Crippen molar-refractivity contribution in [3.05, 3.63) is 29.6 Å². The van der Waals surface area contributed by atoms with Crippen molar-refractivity contribution in [2.45, 2.75) is 52.0 Å². The second-order valence-electron chi connectivity index (χ2n) is 7.08. The van der Waals surface area contributed by atoms with Crippen LogP contribution in [0.15, 0.2) is 18.5 Å². The highest BCUT2D eigenvalue weighted by Crippen LogP contribution is 2.51. The fraction of sp³-hybridized carbons (Fsp3) is 0.611. The predicted octanol–water partition coefficient (Wildman–Crippen LogP) is 3.38. The average molecular weight is 297 g/mol. The predicted molar refractivity (Wildman–Crippen MR) is 84.1 cm³/mol. The molecule has 116 valence electrons. The van der Waals surface area contributed by atoms with Crippen molar-refractivity contribution in [2.24, 2.45) is 11.3 Å². The molecule has 0 aromatic carbocycles. The number of amides is 1. The van der Waals surface area contributed by atoms with Crippen LogP contribution in [0.5, 0.6) is 0 Å². The third-order valence-corrected chi connectivity index (χ3v) is 5.36. The molecule has 1 aromatic rings. The quantitative estimate of drug-likeness (QED) is 0.840. The van der Waals surface area contributed by atoms with Crippen LogP contribution in [-0.2, 0) is 0 Å². The molecule has 0 radical (unpaired) electrons. The van der Waals surface area contributed by atoms with Crippen LogP contribution < -0.4 is 0 Å². The normalized spacial score (nSPS) is 23.2. The Morgan fingerprint density at radius 2 is 2.14 bits per heavy atom. The van der Waals surface area contributed by atoms with Gasteiger partial charge >= 0.3 is 0 Å². The summed E-state index contributed by atoms with van der Waals surface area (Å²) in [6.45, 7) is 5.25. The zero-order valence-electron chi connectivity index (χ0n) is 13.4. The van der Waals surface area contributed by atoms with E-state index in [1.165, 1.54) is 38.3 Å². The van der Waals surface area contributed by atoms with Gasteiger partial charge in [-0.3, -0.25) is 9.78 Å². The van der Waals surface area contributed by atoms with Gasteiger partial charge < -0.3 is 4.90 Å². The van der Waals surface area contributed by atoms with Gasteiger partial charge in [-0.2, -0.15) is 5.26 Å². The van der Waals surface area contributed by atoms with Gasteiger partial charge in [0, 0.05) is 30.4 Å². The summed E-state index contributed by atoms with van der Waals surface area (Å²) < 4.78 is 0. The van der Waals surface area contributed by atoms with Crippen molar-refractivity contribution in [3.63, 3.8) is 0 Å². The Morgan fingerprint density at radius 1 is 1.41 bits per heavy atom. The molecule has 2 fully saturated rings. The molecule has 1 spiro atoms. The van der Waals surface area contributed by atoms with E-state index in [4.69, 9.17) is 0 Å². The number of likely N-dealkylation sites (tertiary alicyclic amines) is 1. The van der Waals surface area contributed by atoms with E-state index in [9.17, 15) is 10.1 Å². The molecule has 1 unspecified atom stereocenters. The van der Waals surface area contributed by atoms with Crippen LogP contribution in [0, 0.1) is 22.7 Å². The van der Waals surface area contributed by atoms with Crippen LogP contribution in [0.25, 0.3) is 0 Å². The highest BCUT2D eigenvalue weighted by molar-refractivity contribution is 5.97. The molecule has 1 aromatic heterocycles. The van der Waals surface area contributed by atoms with Gasteiger partial charge in [0.25, 0.3) is 5.91 Å². The highest BCUT2D eigenvalue weighted by Gasteiger charge is 2.55. The number of hydrogen-bond donors (Lipinski definition) is 0. The smallest absolute Gasteiger partial charge is 0.257 e. The first-order chi connectivity index (χ1) is 10.6. The third-order valence-electron chi connectivity index (χ3n) is 5.36. The number of nitrogens with zero attached hydrogens (tertiary/aromatic N) is 3. The SMILES string of the molecule is CC(C)C1N(C(=O)c2cnccc2C#N)CC12CCCCC2. The molecule has 2 aliphatic rings. The number of carbonyl (C=O) groups is 1. The van der Waals surface area contributed by atoms with Gasteiger partial charge in [0.05, 0.1) is 11.1 Å². The van der Waals surface area contributed by atoms with Crippen LogP contribution in [0.1, 0.15) is 61.9 Å². The largest absolute Gasteiger partial charge is 0.334 e. The number of carbonyl (C=O) groups excluding carboxylic acids is 1. The Bertz CT molecular complexity index is 611. The monoisotopic (exact) mass is 297 g/mol. The van der Waals surface area contributed by atoms with E-state index in [0.29, 0.717) is 28.5 Å². The summed E-state index contributed by atoms with van der Waals surface area (Å²) in [5, 5.41) is 9.21. The van der Waals surface area contributed by atoms with E-state index in [1.54, 1.807) is 12.3 Å². The molecule has 0 bridgehead atoms. The molecule has 1 amide bonds. The lowest BCUT2D eigenvalue weighted by Gasteiger charge is -2.61. The second kappa shape index (κ2) is 5.72. The summed E-state index contributed by atoms with van der Waals surface area (Å²) in [7, 11) is 0. The Labute approximate surface area is 132 Å². The maximum atomic E-state index is 12.9. The molecule has 4 heteroatoms. The molecule has 1 atom stereocenters. The fourth-order valence-electron chi connectivity index (χ4n) is 4.54. The summed E-state index contributed by atoms with van der Waals surface area (Å²) >= 11 is 0. The Balaban J connectivity index is 1.86. The zero-order valence-corrected chi connectivity index (χ0v) is 13.4. The van der Waals surface area contributed by atoms with Crippen molar-refractivity contribution in [3.8, 4) is 6.07 Å². The van der Waals surface area contributed by atoms with Gasteiger partial charge in [-0.05, 0) is 24.8 Å². The Hall–Kier alpha value is -1.89. The molecule has 1 saturated heterocycles. The molecule has 22 heavy (non-hydrogen) atoms. The molecule has 1 saturated carbocycles. The molecular weight excluding hydrogens is 274 g/mol. The molecular formula is C18H23N3O. The summed E-state index contributed by atoms with van der Waals surface area (Å²) in [6.07, 6.45) is 9.44. The van der Waals surface area contributed by atoms with Crippen LogP contribution >= 0.6 is 0 Å². The van der Waals surface area contributed by atoms with Crippen molar-refractivity contribution in [1.29, 1.82) is 5.26 Å². The summed E-state index contributed by atoms with van der Waals surface area (Å²) in [4.78, 5) is 18.9. The molecule has 0 N–H and O–H groups in total. The maximum Gasteiger partial charge on any atom is 0.257 e. The van der Waals surface area contributed by atoms with Crippen LogP contribution in [0.3, 0.4) is 0 Å². The molecule has 1 aliphatic heterocycles. The highest BCUT2D eigenvalue weighted by atomic mass is 16.2. The van der Waals surface area contributed by atoms with E-state index in [0.717, 1.165) is 6.54 Å². The minimum Gasteiger partial charge on any atom is -0.334 e. The van der Waals surface area contributed by atoms with E-state index in [1.807, 2.05) is 4.90 Å². The average Bonchev–Trinajstić information content (AvgIpc) is 2.52. The number of pyridine rings is 1. The van der Waals surface area contributed by atoms with Crippen LogP contribution in [0.2, 0.25) is 0 Å². The maximum absolute atomic E-state index is 12.9. The third kappa shape index (κ3) is 2.29. The lowest BCUT2D eigenvalue weighted by Crippen LogP contribution is -2.68. The number of rotatable bonds is 2. The Kier molecular flexibility index (Phi) is 3.90. The van der Waals surface area contributed by atoms with Crippen molar-refractivity contribution in [2.75, 3.05) is 6.54 Å². The molecule has 4 nitrogen and oxygen atoms in total. The van der Waals surface area contributed by atoms with Crippen molar-refractivity contribution in [1.82, 2.24) is 9.88 Å². The minimum atomic E-state index is -0.0282. The second-order valence-corrected chi connectivity index (χ2v) is 7.08. The van der Waals surface area contributed by atoms with Gasteiger partial charge in [-0.15, -0.1) is 0 Å². The van der Waals surface area contributed by atoms with Gasteiger partial charge in [0.1, 0.15) is 6.07 Å². The lowest BCUT2D eigenvalue weighted by molar-refractivity contribution is -0.0942. The van der Waals surface area contributed by atoms with Gasteiger partial charge in [-0.1, -0.05) is 33.1 Å². The van der Waals surface area contributed by atoms with Gasteiger partial charge in [0.15, 0.2) is 0 Å². The summed E-state index contributed by atoms with van der Waals surface area (Å²) in [5.41, 5.74) is 1.19. The topological polar surface area (TPSA) is 57.0 Å². The first kappa shape index (κ1) is 15.0. The molecule has 1 aliphatic carbocycles. The first-order valence-electron chi connectivity index (χ1n) is 8.24. The van der Waals surface area contributed by atoms with E-state index >= 15 is 0 Å². The van der Waals surface area contributed by atoms with Crippen LogP contribution in [-0.4, -0.2) is 28.4 Å². The summed E-state index contributed by atoms with van der Waals surface area (Å²) in [5.74, 6) is 0.414. The van der Waals surface area contributed by atoms with Crippen molar-refractivity contribution < 1.29 is 4.79 Å². The minimum absolute atomic E-state index is 0.0282. The zero-order chi connectivity index (χ0) is 15.7. The van der Waals surface area contributed by atoms with E-state index < -0.39 is 0 Å². The summed E-state index contributed by atoms with van der Waals surface area (Å²) in [6, 6.07) is 4.02. The Morgan fingerprint density at radius 3 is 2.77 bits per heavy atom. The number of aromatic nitrogens is 1. The van der Waals surface area contributed by atoms with E-state index in [2.05, 4.69) is 24.9 Å². The number of hydrogen-bond acceptors (Lipinski definition) is 3. The van der Waals surface area contributed by atoms with Crippen LogP contribution in [0.4, 0.5) is 0 Å². The van der Waals surface area contributed by atoms with E-state index in [-0.39, 0.29) is 5.91 Å². The van der Waals surface area contributed by atoms with Gasteiger partial charge in [-0.25, -0.2) is 0 Å². The number of nitriles is 1. The molecule has 2 heterocycles. The standard InChI is InChI=1S/C18H23N3O/c1-13(2)16-18(7-4-3-5-8-18)12-21(16)17(22)15-11-20-9-6-14(15)10-19/h6,9,11,13,16H,3-5,7-8,12H2,1-2H3. The van der Waals surface area contributed by atoms with Gasteiger partial charge in [0.2, 0.25) is 0 Å².